The molecule has 4 aliphatic rings. The summed E-state index contributed by atoms with van der Waals surface area (Å²) < 4.78 is 0. The lowest BCUT2D eigenvalue weighted by Gasteiger charge is -2.22. The largest absolute Gasteiger partial charge is 0.294 e. The quantitative estimate of drug-likeness (QED) is 0.579. The van der Waals surface area contributed by atoms with Crippen molar-refractivity contribution in [2.45, 2.75) is 12.8 Å². The lowest BCUT2D eigenvalue weighted by atomic mass is 9.82. The molecule has 3 saturated carbocycles. The molecule has 7 atom stereocenters. The van der Waals surface area contributed by atoms with Crippen LogP contribution < -0.4 is 0 Å². The van der Waals surface area contributed by atoms with Crippen LogP contribution in [0.15, 0.2) is 42.5 Å². The van der Waals surface area contributed by atoms with Gasteiger partial charge >= 0.3 is 0 Å². The van der Waals surface area contributed by atoms with Gasteiger partial charge < -0.3 is 0 Å². The Bertz CT molecular complexity index is 573. The predicted molar refractivity (Wildman–Crippen MR) is 73.6 cm³/mol. The first-order valence-electron chi connectivity index (χ1n) is 7.62. The lowest BCUT2D eigenvalue weighted by Crippen LogP contribution is -2.18. The molecule has 5 rings (SSSR count). The van der Waals surface area contributed by atoms with Gasteiger partial charge in [0.1, 0.15) is 0 Å². The summed E-state index contributed by atoms with van der Waals surface area (Å²) in [5, 5.41) is 0. The van der Waals surface area contributed by atoms with E-state index in [-0.39, 0.29) is 0 Å². The van der Waals surface area contributed by atoms with Crippen molar-refractivity contribution in [3.8, 4) is 0 Å². The van der Waals surface area contributed by atoms with Crippen molar-refractivity contribution in [2.24, 2.45) is 41.4 Å². The fraction of sp³-hybridized carbons (Fsp3) is 0.500. The third-order valence-corrected chi connectivity index (χ3v) is 6.33. The number of benzene rings is 1. The van der Waals surface area contributed by atoms with E-state index in [0.717, 1.165) is 41.1 Å². The summed E-state index contributed by atoms with van der Waals surface area (Å²) in [5.74, 6) is 5.64. The molecule has 1 nitrogen and oxygen atoms in total. The second-order valence-electron chi connectivity index (χ2n) is 6.88. The number of rotatable bonds is 2. The normalized spacial score (nSPS) is 48.1. The molecule has 2 bridgehead atoms. The molecule has 96 valence electrons. The highest BCUT2D eigenvalue weighted by molar-refractivity contribution is 6.00. The van der Waals surface area contributed by atoms with Gasteiger partial charge in [-0.2, -0.15) is 0 Å². The van der Waals surface area contributed by atoms with Gasteiger partial charge in [-0.15, -0.1) is 0 Å². The third kappa shape index (κ3) is 1.19. The number of hydrogen-bond donors (Lipinski definition) is 0. The summed E-state index contributed by atoms with van der Waals surface area (Å²) in [6.07, 6.45) is 7.52. The van der Waals surface area contributed by atoms with Crippen LogP contribution in [0.4, 0.5) is 0 Å². The molecular weight excluding hydrogens is 232 g/mol. The second-order valence-corrected chi connectivity index (χ2v) is 6.88. The highest BCUT2D eigenvalue weighted by Crippen LogP contribution is 2.74. The maximum Gasteiger partial charge on any atom is 0.166 e. The Morgan fingerprint density at radius 3 is 2.63 bits per heavy atom. The zero-order chi connectivity index (χ0) is 12.6. The number of ketones is 1. The minimum Gasteiger partial charge on any atom is -0.294 e. The van der Waals surface area contributed by atoms with Crippen LogP contribution >= 0.6 is 0 Å². The van der Waals surface area contributed by atoms with E-state index in [0.29, 0.717) is 11.7 Å². The van der Waals surface area contributed by atoms with Gasteiger partial charge in [-0.1, -0.05) is 42.5 Å². The molecule has 4 aliphatic carbocycles. The van der Waals surface area contributed by atoms with Crippen molar-refractivity contribution in [3.05, 3.63) is 48.0 Å². The van der Waals surface area contributed by atoms with Gasteiger partial charge in [0.2, 0.25) is 0 Å². The van der Waals surface area contributed by atoms with Gasteiger partial charge in [0, 0.05) is 11.5 Å². The topological polar surface area (TPSA) is 17.1 Å². The number of allylic oxidation sites excluding steroid dienone is 2. The van der Waals surface area contributed by atoms with Crippen molar-refractivity contribution in [1.82, 2.24) is 0 Å². The Labute approximate surface area is 113 Å². The van der Waals surface area contributed by atoms with E-state index < -0.39 is 0 Å². The van der Waals surface area contributed by atoms with Crippen LogP contribution in [0.2, 0.25) is 0 Å². The molecule has 1 aromatic carbocycles. The zero-order valence-electron chi connectivity index (χ0n) is 10.9. The van der Waals surface area contributed by atoms with Crippen LogP contribution in [0, 0.1) is 41.4 Å². The Kier molecular flexibility index (Phi) is 1.86. The van der Waals surface area contributed by atoms with Gasteiger partial charge in [0.05, 0.1) is 0 Å². The number of fused-ring (bicyclic) bond motifs is 8. The maximum atomic E-state index is 12.6. The SMILES string of the molecule is O=C(c1ccccc1)C1C2C3CC(C4CC=CC43)C12. The Balaban J connectivity index is 1.44. The van der Waals surface area contributed by atoms with Gasteiger partial charge in [0.25, 0.3) is 0 Å². The molecule has 0 spiro atoms. The van der Waals surface area contributed by atoms with Crippen LogP contribution in [0.5, 0.6) is 0 Å². The smallest absolute Gasteiger partial charge is 0.166 e. The van der Waals surface area contributed by atoms with Crippen LogP contribution in [-0.2, 0) is 0 Å². The number of hydrogen-bond acceptors (Lipinski definition) is 1. The van der Waals surface area contributed by atoms with E-state index >= 15 is 0 Å². The second kappa shape index (κ2) is 3.39. The van der Waals surface area contributed by atoms with E-state index in [9.17, 15) is 4.79 Å². The van der Waals surface area contributed by atoms with Gasteiger partial charge in [-0.25, -0.2) is 0 Å². The number of carbonyl (C=O) groups is 1. The Hall–Kier alpha value is -1.37. The molecule has 0 amide bonds. The highest BCUT2D eigenvalue weighted by Gasteiger charge is 2.72. The highest BCUT2D eigenvalue weighted by atomic mass is 16.1. The minimum atomic E-state index is 0.366. The van der Waals surface area contributed by atoms with Crippen molar-refractivity contribution in [1.29, 1.82) is 0 Å². The summed E-state index contributed by atoms with van der Waals surface area (Å²) in [4.78, 5) is 12.6. The summed E-state index contributed by atoms with van der Waals surface area (Å²) in [6, 6.07) is 9.93. The average Bonchev–Trinajstić information content (AvgIpc) is 2.83. The van der Waals surface area contributed by atoms with Gasteiger partial charge in [-0.3, -0.25) is 4.79 Å². The van der Waals surface area contributed by atoms with Crippen molar-refractivity contribution < 1.29 is 4.79 Å². The molecule has 19 heavy (non-hydrogen) atoms. The standard InChI is InChI=1S/C18H18O/c19-18(10-5-2-1-3-6-10)17-15-13-9-14(16(15)17)12-8-4-7-11(12)13/h1-7,11-17H,8-9H2. The predicted octanol–water partition coefficient (Wildman–Crippen LogP) is 3.57. The molecule has 0 radical (unpaired) electrons. The van der Waals surface area contributed by atoms with E-state index in [4.69, 9.17) is 0 Å². The molecule has 0 saturated heterocycles. The van der Waals surface area contributed by atoms with Crippen LogP contribution in [-0.4, -0.2) is 5.78 Å². The van der Waals surface area contributed by atoms with E-state index in [1.165, 1.54) is 12.8 Å². The fourth-order valence-corrected chi connectivity index (χ4v) is 5.72. The van der Waals surface area contributed by atoms with E-state index in [1.54, 1.807) is 0 Å². The number of Topliss-reactive ketones (excluding diaryl/α,β-unsaturated/α-hetero) is 1. The molecule has 0 aliphatic heterocycles. The van der Waals surface area contributed by atoms with Crippen molar-refractivity contribution in [2.75, 3.05) is 0 Å². The van der Waals surface area contributed by atoms with Gasteiger partial charge in [-0.05, 0) is 48.3 Å². The molecule has 0 aromatic heterocycles. The summed E-state index contributed by atoms with van der Waals surface area (Å²) >= 11 is 0. The molecule has 1 aromatic rings. The first-order valence-corrected chi connectivity index (χ1v) is 7.62. The number of carbonyl (C=O) groups excluding carboxylic acids is 1. The third-order valence-electron chi connectivity index (χ3n) is 6.33. The summed E-state index contributed by atoms with van der Waals surface area (Å²) in [6.45, 7) is 0. The molecular formula is C18H18O. The van der Waals surface area contributed by atoms with Crippen LogP contribution in [0.1, 0.15) is 23.2 Å². The van der Waals surface area contributed by atoms with E-state index in [2.05, 4.69) is 12.2 Å². The average molecular weight is 250 g/mol. The van der Waals surface area contributed by atoms with E-state index in [1.807, 2.05) is 30.3 Å². The summed E-state index contributed by atoms with van der Waals surface area (Å²) in [7, 11) is 0. The molecule has 1 heteroatoms. The Morgan fingerprint density at radius 1 is 1.00 bits per heavy atom. The molecule has 7 unspecified atom stereocenters. The first kappa shape index (κ1) is 10.4. The van der Waals surface area contributed by atoms with Gasteiger partial charge in [0.15, 0.2) is 5.78 Å². The first-order chi connectivity index (χ1) is 9.36. The Morgan fingerprint density at radius 2 is 1.79 bits per heavy atom. The van der Waals surface area contributed by atoms with Crippen molar-refractivity contribution in [3.63, 3.8) is 0 Å². The molecule has 3 fully saturated rings. The zero-order valence-corrected chi connectivity index (χ0v) is 10.9. The summed E-state index contributed by atoms with van der Waals surface area (Å²) in [5.41, 5.74) is 0.932. The molecule has 0 N–H and O–H groups in total. The molecule has 0 heterocycles. The monoisotopic (exact) mass is 250 g/mol. The van der Waals surface area contributed by atoms with Crippen LogP contribution in [0.25, 0.3) is 0 Å². The fourth-order valence-electron chi connectivity index (χ4n) is 5.72. The lowest BCUT2D eigenvalue weighted by molar-refractivity contribution is 0.0943. The van der Waals surface area contributed by atoms with Crippen molar-refractivity contribution >= 4 is 5.78 Å². The maximum absolute atomic E-state index is 12.6. The minimum absolute atomic E-state index is 0.366. The van der Waals surface area contributed by atoms with Crippen LogP contribution in [0.3, 0.4) is 0 Å².